The second-order valence-electron chi connectivity index (χ2n) is 13.8. The molecule has 0 heterocycles. The number of ketones is 1. The predicted molar refractivity (Wildman–Crippen MR) is 188 cm³/mol. The first-order valence-corrected chi connectivity index (χ1v) is 19.9. The first-order chi connectivity index (χ1) is 23.2. The van der Waals surface area contributed by atoms with E-state index in [1.54, 1.807) is 0 Å². The highest BCUT2D eigenvalue weighted by molar-refractivity contribution is 7.45. The zero-order valence-corrected chi connectivity index (χ0v) is 31.7. The van der Waals surface area contributed by atoms with E-state index in [1.807, 2.05) is 21.1 Å². The molecule has 2 atom stereocenters. The summed E-state index contributed by atoms with van der Waals surface area (Å²) in [6.07, 6.45) is 20.2. The maximum atomic E-state index is 12.5. The van der Waals surface area contributed by atoms with Gasteiger partial charge in [0.05, 0.1) is 27.7 Å². The predicted octanol–water partition coefficient (Wildman–Crippen LogP) is 7.07. The summed E-state index contributed by atoms with van der Waals surface area (Å²) in [5.41, 5.74) is 0. The summed E-state index contributed by atoms with van der Waals surface area (Å²) in [5.74, 6) is -2.42. The van der Waals surface area contributed by atoms with E-state index in [2.05, 4.69) is 6.92 Å². The molecule has 0 bridgehead atoms. The number of carbonyl (C=O) groups is 4. The van der Waals surface area contributed by atoms with Gasteiger partial charge in [0.15, 0.2) is 11.9 Å². The minimum absolute atomic E-state index is 0.0734. The number of hydrogen-bond acceptors (Lipinski definition) is 10. The fourth-order valence-electron chi connectivity index (χ4n) is 4.89. The number of phosphoric ester groups is 1. The lowest BCUT2D eigenvalue weighted by Gasteiger charge is -2.28. The van der Waals surface area contributed by atoms with E-state index in [0.717, 1.165) is 44.3 Å². The monoisotopic (exact) mass is 719 g/mol. The van der Waals surface area contributed by atoms with Crippen LogP contribution in [0.3, 0.4) is 0 Å². The molecule has 2 unspecified atom stereocenters. The van der Waals surface area contributed by atoms with E-state index in [9.17, 15) is 28.6 Å². The number of hydrogen-bond donors (Lipinski definition) is 1. The van der Waals surface area contributed by atoms with E-state index in [-0.39, 0.29) is 38.3 Å². The Morgan fingerprint density at radius 1 is 0.673 bits per heavy atom. The third kappa shape index (κ3) is 34.1. The summed E-state index contributed by atoms with van der Waals surface area (Å²) in [6.45, 7) is 1.73. The number of nitrogens with zero attached hydrogens (tertiary/aromatic N) is 1. The number of carboxylic acid groups (broad SMARTS) is 1. The van der Waals surface area contributed by atoms with Gasteiger partial charge in [0.1, 0.15) is 19.8 Å². The molecule has 0 amide bonds. The molecular formula is C36H66NO11P. The van der Waals surface area contributed by atoms with Gasteiger partial charge in [-0.05, 0) is 25.3 Å². The zero-order chi connectivity index (χ0) is 36.8. The van der Waals surface area contributed by atoms with Crippen LogP contribution in [0.15, 0.2) is 12.2 Å². The highest BCUT2D eigenvalue weighted by Crippen LogP contribution is 2.38. The van der Waals surface area contributed by atoms with Crippen LogP contribution < -0.4 is 4.89 Å². The Labute approximate surface area is 295 Å². The van der Waals surface area contributed by atoms with Gasteiger partial charge >= 0.3 is 17.9 Å². The number of rotatable bonds is 34. The lowest BCUT2D eigenvalue weighted by atomic mass is 10.0. The van der Waals surface area contributed by atoms with Crippen LogP contribution in [0.4, 0.5) is 0 Å². The summed E-state index contributed by atoms with van der Waals surface area (Å²) in [7, 11) is 1.01. The molecule has 0 aromatic heterocycles. The number of carboxylic acids is 1. The lowest BCUT2D eigenvalue weighted by molar-refractivity contribution is -0.870. The Morgan fingerprint density at radius 3 is 1.63 bits per heavy atom. The van der Waals surface area contributed by atoms with Gasteiger partial charge in [0.2, 0.25) is 0 Å². The Balaban J connectivity index is 4.49. The SMILES string of the molecule is CCCCCCCCCCCCCCCC(=O)OCC(COP(=O)([O-])OCC[N+](C)(C)C)OC(=O)CCCCCCCC(=O)/C=C/C(=O)O. The van der Waals surface area contributed by atoms with Crippen molar-refractivity contribution in [1.29, 1.82) is 0 Å². The number of aliphatic carboxylic acids is 1. The minimum Gasteiger partial charge on any atom is -0.756 e. The summed E-state index contributed by atoms with van der Waals surface area (Å²) < 4.78 is 33.4. The molecule has 0 aliphatic rings. The largest absolute Gasteiger partial charge is 0.756 e. The normalized spacial score (nSPS) is 13.7. The van der Waals surface area contributed by atoms with Gasteiger partial charge in [-0.25, -0.2) is 4.79 Å². The van der Waals surface area contributed by atoms with Gasteiger partial charge in [-0.2, -0.15) is 0 Å². The van der Waals surface area contributed by atoms with Crippen LogP contribution in [0.1, 0.15) is 142 Å². The number of carbonyl (C=O) groups excluding carboxylic acids is 3. The van der Waals surface area contributed by atoms with Gasteiger partial charge in [0, 0.05) is 25.3 Å². The van der Waals surface area contributed by atoms with Crippen molar-refractivity contribution in [2.75, 3.05) is 47.5 Å². The molecule has 49 heavy (non-hydrogen) atoms. The fraction of sp³-hybridized carbons (Fsp3) is 0.833. The zero-order valence-electron chi connectivity index (χ0n) is 30.8. The molecule has 0 aliphatic carbocycles. The third-order valence-corrected chi connectivity index (χ3v) is 8.82. The Hall–Kier alpha value is -2.11. The molecule has 13 heteroatoms. The fourth-order valence-corrected chi connectivity index (χ4v) is 5.62. The van der Waals surface area contributed by atoms with Crippen molar-refractivity contribution in [1.82, 2.24) is 0 Å². The van der Waals surface area contributed by atoms with Crippen LogP contribution >= 0.6 is 7.82 Å². The van der Waals surface area contributed by atoms with Crippen LogP contribution in [0.5, 0.6) is 0 Å². The lowest BCUT2D eigenvalue weighted by Crippen LogP contribution is -2.37. The van der Waals surface area contributed by atoms with Gasteiger partial charge in [-0.15, -0.1) is 0 Å². The standard InChI is InChI=1S/C36H66NO11P/c1-5-6-7-8-9-10-11-12-13-14-15-18-21-24-35(41)45-30-33(31-47-49(43,44)46-29-28-37(2,3)4)48-36(42)25-22-19-16-17-20-23-32(38)26-27-34(39)40/h26-27,33H,5-25,28-31H2,1-4H3,(H-,39,40,43,44)/b27-26+. The van der Waals surface area contributed by atoms with Crippen LogP contribution in [0.2, 0.25) is 0 Å². The highest BCUT2D eigenvalue weighted by atomic mass is 31.2. The number of esters is 2. The quantitative estimate of drug-likeness (QED) is 0.0238. The number of unbranched alkanes of at least 4 members (excludes halogenated alkanes) is 16. The van der Waals surface area contributed by atoms with Crippen molar-refractivity contribution in [3.05, 3.63) is 12.2 Å². The molecule has 0 aliphatic heterocycles. The van der Waals surface area contributed by atoms with Crippen molar-refractivity contribution in [3.8, 4) is 0 Å². The number of ether oxygens (including phenoxy) is 2. The molecule has 286 valence electrons. The average molecular weight is 720 g/mol. The van der Waals surface area contributed by atoms with Crippen molar-refractivity contribution >= 4 is 31.5 Å². The maximum Gasteiger partial charge on any atom is 0.328 e. The van der Waals surface area contributed by atoms with Gasteiger partial charge in [-0.3, -0.25) is 18.9 Å². The molecule has 0 radical (unpaired) electrons. The number of likely N-dealkylation sites (N-methyl/N-ethyl adjacent to an activating group) is 1. The van der Waals surface area contributed by atoms with Gasteiger partial charge in [-0.1, -0.05) is 103 Å². The molecule has 0 saturated carbocycles. The summed E-state index contributed by atoms with van der Waals surface area (Å²) >= 11 is 0. The molecule has 0 spiro atoms. The Bertz CT molecular complexity index is 981. The van der Waals surface area contributed by atoms with Crippen molar-refractivity contribution in [2.24, 2.45) is 0 Å². The number of allylic oxidation sites excluding steroid dienone is 1. The van der Waals surface area contributed by atoms with Crippen LogP contribution in [-0.4, -0.2) is 86.9 Å². The van der Waals surface area contributed by atoms with E-state index >= 15 is 0 Å². The summed E-state index contributed by atoms with van der Waals surface area (Å²) in [5, 5.41) is 8.56. The molecule has 0 saturated heterocycles. The van der Waals surface area contributed by atoms with Gasteiger partial charge < -0.3 is 33.0 Å². The van der Waals surface area contributed by atoms with Crippen LogP contribution in [-0.2, 0) is 42.3 Å². The van der Waals surface area contributed by atoms with Crippen LogP contribution in [0, 0.1) is 0 Å². The van der Waals surface area contributed by atoms with Gasteiger partial charge in [0.25, 0.3) is 7.82 Å². The van der Waals surface area contributed by atoms with E-state index in [0.29, 0.717) is 36.7 Å². The molecule has 0 aromatic rings. The molecule has 12 nitrogen and oxygen atoms in total. The molecule has 0 rings (SSSR count). The van der Waals surface area contributed by atoms with Crippen molar-refractivity contribution < 1.29 is 56.7 Å². The highest BCUT2D eigenvalue weighted by Gasteiger charge is 2.21. The molecule has 1 N–H and O–H groups in total. The van der Waals surface area contributed by atoms with E-state index < -0.39 is 38.4 Å². The minimum atomic E-state index is -4.67. The summed E-state index contributed by atoms with van der Waals surface area (Å²) in [4.78, 5) is 59.2. The molecular weight excluding hydrogens is 653 g/mol. The number of quaternary nitrogens is 1. The molecule has 0 fully saturated rings. The van der Waals surface area contributed by atoms with Crippen molar-refractivity contribution in [2.45, 2.75) is 148 Å². The second kappa shape index (κ2) is 29.6. The van der Waals surface area contributed by atoms with Crippen LogP contribution in [0.25, 0.3) is 0 Å². The first kappa shape index (κ1) is 46.9. The van der Waals surface area contributed by atoms with E-state index in [4.69, 9.17) is 23.6 Å². The topological polar surface area (TPSA) is 166 Å². The Kier molecular flexibility index (Phi) is 28.3. The third-order valence-electron chi connectivity index (χ3n) is 7.86. The number of phosphoric acid groups is 1. The van der Waals surface area contributed by atoms with Crippen molar-refractivity contribution in [3.63, 3.8) is 0 Å². The Morgan fingerprint density at radius 2 is 1.14 bits per heavy atom. The smallest absolute Gasteiger partial charge is 0.328 e. The average Bonchev–Trinajstić information content (AvgIpc) is 3.02. The maximum absolute atomic E-state index is 12.5. The van der Waals surface area contributed by atoms with E-state index in [1.165, 1.54) is 57.8 Å². The molecule has 0 aromatic carbocycles. The first-order valence-electron chi connectivity index (χ1n) is 18.4. The second-order valence-corrected chi connectivity index (χ2v) is 15.2. The summed E-state index contributed by atoms with van der Waals surface area (Å²) in [6, 6.07) is 0.